The van der Waals surface area contributed by atoms with Crippen LogP contribution < -0.4 is 21.1 Å². The van der Waals surface area contributed by atoms with Gasteiger partial charge in [0.25, 0.3) is 0 Å². The molecule has 1 unspecified atom stereocenters. The highest BCUT2D eigenvalue weighted by molar-refractivity contribution is 5.93. The SMILES string of the molecule is CCC(C)NC(=O)C=Cc1ccc(OC(=O)c2ccc(NC(=N)N)cc2)cc1. The molecule has 0 aliphatic heterocycles. The van der Waals surface area contributed by atoms with Crippen LogP contribution in [0.5, 0.6) is 5.75 Å². The van der Waals surface area contributed by atoms with E-state index in [4.69, 9.17) is 15.9 Å². The fourth-order valence-electron chi connectivity index (χ4n) is 2.22. The van der Waals surface area contributed by atoms with Crippen molar-refractivity contribution >= 4 is 29.6 Å². The standard InChI is InChI=1S/C21H24N4O3/c1-3-14(2)24-19(26)13-6-15-4-11-18(12-5-15)28-20(27)16-7-9-17(10-8-16)25-21(22)23/h4-14H,3H2,1-2H3,(H,24,26)(H4,22,23,25). The highest BCUT2D eigenvalue weighted by Crippen LogP contribution is 2.16. The second kappa shape index (κ2) is 9.91. The molecule has 0 aromatic heterocycles. The maximum Gasteiger partial charge on any atom is 0.343 e. The van der Waals surface area contributed by atoms with Crippen LogP contribution in [0.2, 0.25) is 0 Å². The molecule has 0 saturated heterocycles. The van der Waals surface area contributed by atoms with Crippen LogP contribution in [0.3, 0.4) is 0 Å². The summed E-state index contributed by atoms with van der Waals surface area (Å²) in [4.78, 5) is 23.9. The highest BCUT2D eigenvalue weighted by Gasteiger charge is 2.09. The fourth-order valence-corrected chi connectivity index (χ4v) is 2.22. The van der Waals surface area contributed by atoms with Crippen LogP contribution in [0.25, 0.3) is 6.08 Å². The fraction of sp³-hybridized carbons (Fsp3) is 0.190. The molecule has 2 aromatic rings. The number of rotatable bonds is 7. The largest absolute Gasteiger partial charge is 0.423 e. The van der Waals surface area contributed by atoms with Gasteiger partial charge in [-0.2, -0.15) is 0 Å². The minimum Gasteiger partial charge on any atom is -0.423 e. The Bertz CT molecular complexity index is 858. The Kier molecular flexibility index (Phi) is 7.33. The summed E-state index contributed by atoms with van der Waals surface area (Å²) in [5, 5.41) is 12.7. The normalized spacial score (nSPS) is 11.6. The zero-order valence-corrected chi connectivity index (χ0v) is 15.9. The summed E-state index contributed by atoms with van der Waals surface area (Å²) in [7, 11) is 0. The number of ether oxygens (including phenoxy) is 1. The van der Waals surface area contributed by atoms with Gasteiger partial charge in [0.1, 0.15) is 5.75 Å². The third-order valence-corrected chi connectivity index (χ3v) is 3.92. The Morgan fingerprint density at radius 1 is 1.14 bits per heavy atom. The Morgan fingerprint density at radius 3 is 2.36 bits per heavy atom. The quantitative estimate of drug-likeness (QED) is 0.194. The van der Waals surface area contributed by atoms with Gasteiger partial charge in [-0.25, -0.2) is 4.79 Å². The van der Waals surface area contributed by atoms with E-state index in [2.05, 4.69) is 10.6 Å². The lowest BCUT2D eigenvalue weighted by Gasteiger charge is -2.08. The van der Waals surface area contributed by atoms with Gasteiger partial charge in [0.2, 0.25) is 5.91 Å². The van der Waals surface area contributed by atoms with Gasteiger partial charge in [-0.15, -0.1) is 0 Å². The van der Waals surface area contributed by atoms with Gasteiger partial charge in [-0.3, -0.25) is 10.2 Å². The Hall–Kier alpha value is -3.61. The molecule has 28 heavy (non-hydrogen) atoms. The lowest BCUT2D eigenvalue weighted by atomic mass is 10.2. The minimum absolute atomic E-state index is 0.131. The molecule has 0 fully saturated rings. The highest BCUT2D eigenvalue weighted by atomic mass is 16.5. The van der Waals surface area contributed by atoms with Crippen molar-refractivity contribution in [3.05, 3.63) is 65.7 Å². The lowest BCUT2D eigenvalue weighted by molar-refractivity contribution is -0.117. The van der Waals surface area contributed by atoms with E-state index in [0.29, 0.717) is 17.0 Å². The smallest absolute Gasteiger partial charge is 0.343 e. The maximum absolute atomic E-state index is 12.2. The number of amides is 1. The molecule has 0 bridgehead atoms. The van der Waals surface area contributed by atoms with Crippen LogP contribution in [0, 0.1) is 5.41 Å². The van der Waals surface area contributed by atoms with E-state index < -0.39 is 5.97 Å². The monoisotopic (exact) mass is 380 g/mol. The van der Waals surface area contributed by atoms with E-state index in [-0.39, 0.29) is 17.9 Å². The number of carbonyl (C=O) groups is 2. The molecule has 1 amide bonds. The minimum atomic E-state index is -0.495. The predicted octanol–water partition coefficient (Wildman–Crippen LogP) is 3.14. The summed E-state index contributed by atoms with van der Waals surface area (Å²) < 4.78 is 5.34. The van der Waals surface area contributed by atoms with Crippen molar-refractivity contribution in [2.75, 3.05) is 5.32 Å². The van der Waals surface area contributed by atoms with E-state index in [1.54, 1.807) is 54.6 Å². The number of anilines is 1. The van der Waals surface area contributed by atoms with Crippen molar-refractivity contribution in [1.82, 2.24) is 5.32 Å². The van der Waals surface area contributed by atoms with Crippen LogP contribution >= 0.6 is 0 Å². The number of benzene rings is 2. The first kappa shape index (κ1) is 20.7. The van der Waals surface area contributed by atoms with E-state index in [1.807, 2.05) is 13.8 Å². The van der Waals surface area contributed by atoms with Crippen LogP contribution in [-0.4, -0.2) is 23.9 Å². The van der Waals surface area contributed by atoms with Gasteiger partial charge < -0.3 is 21.1 Å². The van der Waals surface area contributed by atoms with Crippen LogP contribution in [0.4, 0.5) is 5.69 Å². The first-order chi connectivity index (χ1) is 13.4. The zero-order valence-electron chi connectivity index (χ0n) is 15.9. The Balaban J connectivity index is 1.93. The van der Waals surface area contributed by atoms with E-state index in [9.17, 15) is 9.59 Å². The molecule has 2 aromatic carbocycles. The summed E-state index contributed by atoms with van der Waals surface area (Å²) in [6.45, 7) is 3.95. The van der Waals surface area contributed by atoms with E-state index in [0.717, 1.165) is 12.0 Å². The summed E-state index contributed by atoms with van der Waals surface area (Å²) in [6.07, 6.45) is 4.05. The number of carbonyl (C=O) groups excluding carboxylic acids is 2. The number of esters is 1. The molecule has 7 nitrogen and oxygen atoms in total. The first-order valence-corrected chi connectivity index (χ1v) is 8.89. The molecule has 146 valence electrons. The third kappa shape index (κ3) is 6.60. The molecular formula is C21H24N4O3. The second-order valence-electron chi connectivity index (χ2n) is 6.23. The molecular weight excluding hydrogens is 356 g/mol. The molecule has 0 spiro atoms. The number of nitrogens with one attached hydrogen (secondary N) is 3. The number of hydrogen-bond donors (Lipinski definition) is 4. The van der Waals surface area contributed by atoms with E-state index >= 15 is 0 Å². The number of nitrogens with two attached hydrogens (primary N) is 1. The zero-order chi connectivity index (χ0) is 20.5. The Labute approximate surface area is 164 Å². The van der Waals surface area contributed by atoms with Gasteiger partial charge in [-0.1, -0.05) is 19.1 Å². The second-order valence-corrected chi connectivity index (χ2v) is 6.23. The average molecular weight is 380 g/mol. The summed E-state index contributed by atoms with van der Waals surface area (Å²) >= 11 is 0. The third-order valence-electron chi connectivity index (χ3n) is 3.92. The lowest BCUT2D eigenvalue weighted by Crippen LogP contribution is -2.30. The maximum atomic E-state index is 12.2. The summed E-state index contributed by atoms with van der Waals surface area (Å²) in [5.41, 5.74) is 7.06. The molecule has 0 saturated carbocycles. The average Bonchev–Trinajstić information content (AvgIpc) is 2.67. The van der Waals surface area contributed by atoms with Crippen molar-refractivity contribution < 1.29 is 14.3 Å². The number of hydrogen-bond acceptors (Lipinski definition) is 4. The van der Waals surface area contributed by atoms with Crippen molar-refractivity contribution in [2.24, 2.45) is 5.73 Å². The van der Waals surface area contributed by atoms with Crippen molar-refractivity contribution in [3.63, 3.8) is 0 Å². The molecule has 0 aliphatic rings. The van der Waals surface area contributed by atoms with Crippen LogP contribution in [-0.2, 0) is 4.79 Å². The van der Waals surface area contributed by atoms with Crippen molar-refractivity contribution in [2.45, 2.75) is 26.3 Å². The van der Waals surface area contributed by atoms with Gasteiger partial charge in [0.15, 0.2) is 5.96 Å². The van der Waals surface area contributed by atoms with Gasteiger partial charge >= 0.3 is 5.97 Å². The molecule has 0 heterocycles. The van der Waals surface area contributed by atoms with Crippen molar-refractivity contribution in [3.8, 4) is 5.75 Å². The van der Waals surface area contributed by atoms with Crippen LogP contribution in [0.15, 0.2) is 54.6 Å². The molecule has 0 aliphatic carbocycles. The molecule has 7 heteroatoms. The van der Waals surface area contributed by atoms with Crippen molar-refractivity contribution in [1.29, 1.82) is 5.41 Å². The first-order valence-electron chi connectivity index (χ1n) is 8.89. The molecule has 2 rings (SSSR count). The molecule has 1 atom stereocenters. The van der Waals surface area contributed by atoms with Gasteiger partial charge in [0, 0.05) is 17.8 Å². The topological polar surface area (TPSA) is 117 Å². The van der Waals surface area contributed by atoms with Gasteiger partial charge in [0.05, 0.1) is 5.56 Å². The molecule has 5 N–H and O–H groups in total. The number of guanidine groups is 1. The summed E-state index contributed by atoms with van der Waals surface area (Å²) in [6, 6.07) is 13.4. The predicted molar refractivity (Wildman–Crippen MR) is 110 cm³/mol. The van der Waals surface area contributed by atoms with Crippen LogP contribution in [0.1, 0.15) is 36.2 Å². The van der Waals surface area contributed by atoms with E-state index in [1.165, 1.54) is 6.08 Å². The van der Waals surface area contributed by atoms with Gasteiger partial charge in [-0.05, 0) is 61.4 Å². The molecule has 0 radical (unpaired) electrons. The Morgan fingerprint density at radius 2 is 1.79 bits per heavy atom. The summed E-state index contributed by atoms with van der Waals surface area (Å²) in [5.74, 6) is -0.419.